The van der Waals surface area contributed by atoms with Gasteiger partial charge in [-0.1, -0.05) is 6.08 Å². The number of hydrogen-bond acceptors (Lipinski definition) is 12. The third-order valence-electron chi connectivity index (χ3n) is 11.7. The maximum Gasteiger partial charge on any atom is 0.303 e. The van der Waals surface area contributed by atoms with Crippen molar-refractivity contribution < 1.29 is 43.2 Å². The number of aliphatic hydroxyl groups is 1. The van der Waals surface area contributed by atoms with Crippen molar-refractivity contribution in [2.24, 2.45) is 0 Å². The number of nitrogens with zero attached hydrogens (tertiary/aromatic N) is 2. The predicted molar refractivity (Wildman–Crippen MR) is 198 cm³/mol. The number of esters is 1. The summed E-state index contributed by atoms with van der Waals surface area (Å²) in [7, 11) is 7.46. The Bertz CT molecular complexity index is 2120. The standard InChI is InChI=1S/C41H50N2O10/c1-12-18(2)28-16-27(45)31-19(3)13-25-33(39(31)53-28)38(49)34-32(37(25)48)23(29-15-26(42(8)9)35(46)20(4)50-29)14-24(36(34)47)30-17-41(7,43(10)11)40(21(5)51-30)52-22(6)44/h12-14,16,20-21,26,29-30,35,40,46-47H,15,17H2,1-11H3/b18-12+/t20-,21+,26+,29-,30-,35-,40-,41+/m1/s1. The van der Waals surface area contributed by atoms with E-state index in [4.69, 9.17) is 18.6 Å². The average molecular weight is 731 g/mol. The number of aryl methyl sites for hydroxylation is 1. The number of phenolic OH excluding ortho intramolecular Hbond substituents is 1. The molecule has 8 atom stereocenters. The van der Waals surface area contributed by atoms with Crippen LogP contribution in [-0.2, 0) is 19.0 Å². The lowest BCUT2D eigenvalue weighted by Crippen LogP contribution is -2.61. The van der Waals surface area contributed by atoms with Gasteiger partial charge in [0.05, 0.1) is 52.6 Å². The zero-order valence-electron chi connectivity index (χ0n) is 32.3. The number of hydrogen-bond donors (Lipinski definition) is 2. The van der Waals surface area contributed by atoms with Crippen molar-refractivity contribution in [1.29, 1.82) is 0 Å². The summed E-state index contributed by atoms with van der Waals surface area (Å²) in [5.74, 6) is -1.83. The van der Waals surface area contributed by atoms with Gasteiger partial charge in [0.1, 0.15) is 17.6 Å². The number of aliphatic hydroxyl groups excluding tert-OH is 1. The molecule has 2 aromatic carbocycles. The highest BCUT2D eigenvalue weighted by molar-refractivity contribution is 6.33. The van der Waals surface area contributed by atoms with E-state index >= 15 is 4.79 Å². The van der Waals surface area contributed by atoms with Gasteiger partial charge < -0.3 is 38.6 Å². The molecule has 2 N–H and O–H groups in total. The van der Waals surface area contributed by atoms with Crippen molar-refractivity contribution in [3.63, 3.8) is 0 Å². The molecule has 2 aliphatic heterocycles. The molecule has 0 radical (unpaired) electrons. The minimum atomic E-state index is -0.819. The van der Waals surface area contributed by atoms with Crippen molar-refractivity contribution in [2.75, 3.05) is 28.2 Å². The monoisotopic (exact) mass is 730 g/mol. The molecule has 1 aliphatic carbocycles. The van der Waals surface area contributed by atoms with Gasteiger partial charge in [0.15, 0.2) is 16.8 Å². The van der Waals surface area contributed by atoms with Crippen LogP contribution in [0.2, 0.25) is 0 Å². The molecule has 0 unspecified atom stereocenters. The van der Waals surface area contributed by atoms with Crippen LogP contribution in [0, 0.1) is 6.92 Å². The number of benzene rings is 2. The lowest BCUT2D eigenvalue weighted by molar-refractivity contribution is -0.201. The molecule has 3 aliphatic rings. The molecule has 12 nitrogen and oxygen atoms in total. The third kappa shape index (κ3) is 6.24. The van der Waals surface area contributed by atoms with Crippen LogP contribution < -0.4 is 5.43 Å². The molecule has 0 spiro atoms. The van der Waals surface area contributed by atoms with E-state index in [9.17, 15) is 24.6 Å². The molecule has 6 rings (SSSR count). The van der Waals surface area contributed by atoms with Crippen molar-refractivity contribution in [2.45, 2.75) is 110 Å². The molecule has 2 saturated heterocycles. The van der Waals surface area contributed by atoms with Crippen LogP contribution in [0.15, 0.2) is 33.5 Å². The highest BCUT2D eigenvalue weighted by Gasteiger charge is 2.51. The van der Waals surface area contributed by atoms with E-state index < -0.39 is 65.4 Å². The molecule has 284 valence electrons. The number of ketones is 2. The minimum Gasteiger partial charge on any atom is -0.507 e. The number of phenols is 1. The van der Waals surface area contributed by atoms with E-state index in [0.29, 0.717) is 16.7 Å². The molecule has 0 saturated carbocycles. The first-order valence-electron chi connectivity index (χ1n) is 18.1. The Morgan fingerprint density at radius 1 is 0.943 bits per heavy atom. The number of aromatic hydroxyl groups is 1. The van der Waals surface area contributed by atoms with E-state index in [2.05, 4.69) is 0 Å². The largest absolute Gasteiger partial charge is 0.507 e. The number of carbonyl (C=O) groups excluding carboxylic acids is 3. The van der Waals surface area contributed by atoms with Crippen molar-refractivity contribution >= 4 is 34.1 Å². The number of likely N-dealkylation sites (N-methyl/N-ethyl adjacent to an activating group) is 2. The number of carbonyl (C=O) groups is 3. The van der Waals surface area contributed by atoms with E-state index in [-0.39, 0.29) is 68.9 Å². The maximum atomic E-state index is 15.0. The van der Waals surface area contributed by atoms with Crippen LogP contribution in [0.3, 0.4) is 0 Å². The van der Waals surface area contributed by atoms with Gasteiger partial charge in [-0.05, 0) is 111 Å². The van der Waals surface area contributed by atoms with Crippen molar-refractivity contribution in [3.05, 3.63) is 79.2 Å². The molecule has 53 heavy (non-hydrogen) atoms. The summed E-state index contributed by atoms with van der Waals surface area (Å²) in [6, 6.07) is 4.25. The smallest absolute Gasteiger partial charge is 0.303 e. The first-order chi connectivity index (χ1) is 24.8. The molecular weight excluding hydrogens is 680 g/mol. The van der Waals surface area contributed by atoms with Gasteiger partial charge in [-0.2, -0.15) is 0 Å². The zero-order chi connectivity index (χ0) is 39.0. The summed E-state index contributed by atoms with van der Waals surface area (Å²) < 4.78 is 25.0. The molecule has 2 fully saturated rings. The normalized spacial score (nSPS) is 29.1. The highest BCUT2D eigenvalue weighted by Crippen LogP contribution is 2.50. The summed E-state index contributed by atoms with van der Waals surface area (Å²) in [5.41, 5.74) is 0.343. The molecule has 3 aromatic rings. The third-order valence-corrected chi connectivity index (χ3v) is 11.7. The van der Waals surface area contributed by atoms with Gasteiger partial charge in [-0.25, -0.2) is 0 Å². The summed E-state index contributed by atoms with van der Waals surface area (Å²) in [6.45, 7) is 12.1. The summed E-state index contributed by atoms with van der Waals surface area (Å²) >= 11 is 0. The van der Waals surface area contributed by atoms with Crippen LogP contribution in [0.5, 0.6) is 5.75 Å². The van der Waals surface area contributed by atoms with E-state index in [0.717, 1.165) is 0 Å². The van der Waals surface area contributed by atoms with Crippen LogP contribution in [0.4, 0.5) is 0 Å². The Morgan fingerprint density at radius 3 is 2.21 bits per heavy atom. The second-order valence-corrected chi connectivity index (χ2v) is 15.5. The van der Waals surface area contributed by atoms with E-state index in [1.165, 1.54) is 19.1 Å². The van der Waals surface area contributed by atoms with Gasteiger partial charge in [0, 0.05) is 35.7 Å². The Hall–Kier alpha value is -4.20. The van der Waals surface area contributed by atoms with Gasteiger partial charge in [-0.3, -0.25) is 19.2 Å². The summed E-state index contributed by atoms with van der Waals surface area (Å²) in [4.78, 5) is 59.4. The molecule has 0 amide bonds. The predicted octanol–water partition coefficient (Wildman–Crippen LogP) is 5.25. The first kappa shape index (κ1) is 38.5. The van der Waals surface area contributed by atoms with Gasteiger partial charge in [0.2, 0.25) is 5.78 Å². The van der Waals surface area contributed by atoms with E-state index in [1.54, 1.807) is 46.8 Å². The molecule has 0 bridgehead atoms. The number of allylic oxidation sites excluding steroid dienone is 2. The van der Waals surface area contributed by atoms with Crippen molar-refractivity contribution in [3.8, 4) is 5.75 Å². The van der Waals surface area contributed by atoms with Gasteiger partial charge in [0.25, 0.3) is 0 Å². The van der Waals surface area contributed by atoms with Gasteiger partial charge in [-0.15, -0.1) is 0 Å². The molecule has 1 aromatic heterocycles. The Morgan fingerprint density at radius 2 is 1.60 bits per heavy atom. The molecule has 12 heteroatoms. The van der Waals surface area contributed by atoms with E-state index in [1.807, 2.05) is 44.9 Å². The van der Waals surface area contributed by atoms with Crippen LogP contribution >= 0.6 is 0 Å². The minimum absolute atomic E-state index is 0.00579. The highest BCUT2D eigenvalue weighted by atomic mass is 16.6. The number of rotatable bonds is 6. The average Bonchev–Trinajstić information content (AvgIpc) is 3.08. The topological polar surface area (TPSA) is 156 Å². The Labute approximate surface area is 309 Å². The Balaban J connectivity index is 1.63. The SMILES string of the molecule is C/C=C(\C)c1cc(=O)c2c(C)cc3c(c2o1)C(=O)c1c(O)c([C@H]2C[C@](C)(N(C)C)[C@H](OC(C)=O)[C@H](C)O2)cc([C@H]2C[C@H](N(C)C)[C@H](O)[C@@H](C)O2)c1C3=O. The quantitative estimate of drug-likeness (QED) is 0.249. The second-order valence-electron chi connectivity index (χ2n) is 15.5. The van der Waals surface area contributed by atoms with Crippen LogP contribution in [0.25, 0.3) is 16.5 Å². The molecule has 3 heterocycles. The lowest BCUT2D eigenvalue weighted by Gasteiger charge is -2.50. The van der Waals surface area contributed by atoms with Gasteiger partial charge >= 0.3 is 5.97 Å². The molecular formula is C41H50N2O10. The second kappa shape index (κ2) is 13.9. The van der Waals surface area contributed by atoms with Crippen LogP contribution in [0.1, 0.15) is 121 Å². The summed E-state index contributed by atoms with van der Waals surface area (Å²) in [5, 5.41) is 23.5. The number of fused-ring (bicyclic) bond motifs is 4. The maximum absolute atomic E-state index is 15.0. The fourth-order valence-electron chi connectivity index (χ4n) is 8.39. The first-order valence-corrected chi connectivity index (χ1v) is 18.1. The number of ether oxygens (including phenoxy) is 3. The zero-order valence-corrected chi connectivity index (χ0v) is 32.3. The lowest BCUT2D eigenvalue weighted by atomic mass is 9.74. The Kier molecular flexibility index (Phi) is 10.1. The fourth-order valence-corrected chi connectivity index (χ4v) is 8.39. The summed E-state index contributed by atoms with van der Waals surface area (Å²) in [6.07, 6.45) is -1.99. The fraction of sp³-hybridized carbons (Fsp3) is 0.512. The van der Waals surface area contributed by atoms with Crippen LogP contribution in [-0.4, -0.2) is 102 Å². The van der Waals surface area contributed by atoms with Crippen molar-refractivity contribution in [1.82, 2.24) is 9.80 Å².